The Kier molecular flexibility index (Phi) is 17.9. The van der Waals surface area contributed by atoms with Crippen molar-refractivity contribution in [2.24, 2.45) is 0 Å². The zero-order chi connectivity index (χ0) is 20.7. The fourth-order valence-corrected chi connectivity index (χ4v) is 6.57. The number of halogens is 2. The van der Waals surface area contributed by atoms with E-state index in [0.29, 0.717) is 0 Å². The Labute approximate surface area is 224 Å². The first-order chi connectivity index (χ1) is 13.4. The van der Waals surface area contributed by atoms with Crippen molar-refractivity contribution in [1.82, 2.24) is 0 Å². The van der Waals surface area contributed by atoms with E-state index in [4.69, 9.17) is 0 Å². The minimum Gasteiger partial charge on any atom is -1.00 e. The Morgan fingerprint density at radius 1 is 0.839 bits per heavy atom. The second-order valence-electron chi connectivity index (χ2n) is 8.16. The molecule has 170 valence electrons. The molecule has 31 heavy (non-hydrogen) atoms. The van der Waals surface area contributed by atoms with Gasteiger partial charge in [0.25, 0.3) is 0 Å². The molecule has 0 fully saturated rings. The summed E-state index contributed by atoms with van der Waals surface area (Å²) >= 11 is 0. The van der Waals surface area contributed by atoms with Crippen LogP contribution in [0.2, 0.25) is 0 Å². The molecule has 0 bridgehead atoms. The SMILES string of the molecule is CCCCP(CCCC)c1cc2ccccc2[cH-]1.Cc1c(C)c(C)[c-](C)c1C.[Cl-].[Cl-].[Zr+4]. The first kappa shape index (κ1) is 33.2. The van der Waals surface area contributed by atoms with Gasteiger partial charge in [0.05, 0.1) is 0 Å². The minimum absolute atomic E-state index is 0. The van der Waals surface area contributed by atoms with Gasteiger partial charge in [-0.05, 0) is 25.2 Å². The van der Waals surface area contributed by atoms with Crippen molar-refractivity contribution in [1.29, 1.82) is 0 Å². The van der Waals surface area contributed by atoms with E-state index >= 15 is 0 Å². The van der Waals surface area contributed by atoms with Crippen LogP contribution in [-0.2, 0) is 26.2 Å². The van der Waals surface area contributed by atoms with E-state index in [1.165, 1.54) is 76.6 Å². The summed E-state index contributed by atoms with van der Waals surface area (Å²) in [6, 6.07) is 13.6. The van der Waals surface area contributed by atoms with Gasteiger partial charge >= 0.3 is 26.2 Å². The molecule has 0 unspecified atom stereocenters. The molecule has 0 aliphatic heterocycles. The van der Waals surface area contributed by atoms with E-state index in [9.17, 15) is 0 Å². The van der Waals surface area contributed by atoms with Crippen LogP contribution in [0, 0.1) is 34.6 Å². The molecule has 0 saturated heterocycles. The standard InChI is InChI=1S/C17H24P.C10H15.2ClH.Zr/c1-3-5-11-18(12-6-4-2)17-13-15-9-7-8-10-16(15)14-17;1-6-7(2)9(4)10(5)8(6)3;;;/h7-10,13-14H,3-6,11-12H2,1-2H3;1-5H3;2*1H;/q2*-1;;;+4/p-2. The van der Waals surface area contributed by atoms with Gasteiger partial charge in [0.1, 0.15) is 0 Å². The molecule has 0 aliphatic rings. The molecule has 0 saturated carbocycles. The average Bonchev–Trinajstić information content (AvgIpc) is 3.21. The van der Waals surface area contributed by atoms with Crippen LogP contribution < -0.4 is 30.1 Å². The van der Waals surface area contributed by atoms with E-state index < -0.39 is 0 Å². The number of unbranched alkanes of at least 4 members (excludes halogenated alkanes) is 2. The molecule has 0 radical (unpaired) electrons. The van der Waals surface area contributed by atoms with Crippen molar-refractivity contribution in [2.75, 3.05) is 12.3 Å². The Hall–Kier alpha value is 0.0731. The third kappa shape index (κ3) is 9.09. The molecular formula is C27H39Cl2PZr. The van der Waals surface area contributed by atoms with E-state index in [0.717, 1.165) is 0 Å². The van der Waals surface area contributed by atoms with Gasteiger partial charge in [-0.2, -0.15) is 33.9 Å². The molecule has 3 aromatic carbocycles. The third-order valence-corrected chi connectivity index (χ3v) is 9.04. The second-order valence-corrected chi connectivity index (χ2v) is 10.7. The number of rotatable bonds is 7. The van der Waals surface area contributed by atoms with Crippen molar-refractivity contribution >= 4 is 24.0 Å². The summed E-state index contributed by atoms with van der Waals surface area (Å²) in [4.78, 5) is 0. The first-order valence-corrected chi connectivity index (χ1v) is 12.7. The van der Waals surface area contributed by atoms with E-state index in [1.807, 2.05) is 0 Å². The van der Waals surface area contributed by atoms with Gasteiger partial charge in [0.15, 0.2) is 0 Å². The van der Waals surface area contributed by atoms with Gasteiger partial charge in [-0.3, -0.25) is 0 Å². The van der Waals surface area contributed by atoms with Gasteiger partial charge < -0.3 is 24.8 Å². The predicted molar refractivity (Wildman–Crippen MR) is 131 cm³/mol. The summed E-state index contributed by atoms with van der Waals surface area (Å²) < 4.78 is 0. The van der Waals surface area contributed by atoms with Crippen LogP contribution in [0.4, 0.5) is 0 Å². The maximum atomic E-state index is 2.44. The van der Waals surface area contributed by atoms with Crippen LogP contribution in [0.25, 0.3) is 10.8 Å². The number of hydrogen-bond acceptors (Lipinski definition) is 0. The van der Waals surface area contributed by atoms with Gasteiger partial charge in [0, 0.05) is 0 Å². The monoisotopic (exact) mass is 554 g/mol. The smallest absolute Gasteiger partial charge is 1.00 e. The molecule has 0 aromatic heterocycles. The quantitative estimate of drug-likeness (QED) is 0.310. The summed E-state index contributed by atoms with van der Waals surface area (Å²) in [5.74, 6) is 0. The summed E-state index contributed by atoms with van der Waals surface area (Å²) in [6.45, 7) is 15.6. The zero-order valence-corrected chi connectivity index (χ0v) is 25.3. The third-order valence-electron chi connectivity index (χ3n) is 6.34. The molecule has 0 amide bonds. The summed E-state index contributed by atoms with van der Waals surface area (Å²) in [5.41, 5.74) is 7.34. The van der Waals surface area contributed by atoms with E-state index in [2.05, 4.69) is 84.9 Å². The molecule has 0 heterocycles. The van der Waals surface area contributed by atoms with Crippen LogP contribution in [0.15, 0.2) is 36.4 Å². The number of benzene rings is 1. The maximum absolute atomic E-state index is 2.44. The fraction of sp³-hybridized carbons (Fsp3) is 0.481. The minimum atomic E-state index is 0. The topological polar surface area (TPSA) is 0 Å². The van der Waals surface area contributed by atoms with E-state index in [-0.39, 0.29) is 58.9 Å². The summed E-state index contributed by atoms with van der Waals surface area (Å²) in [5, 5.41) is 4.48. The van der Waals surface area contributed by atoms with Crippen molar-refractivity contribution < 1.29 is 51.0 Å². The molecule has 3 rings (SSSR count). The van der Waals surface area contributed by atoms with E-state index in [1.54, 1.807) is 5.30 Å². The second kappa shape index (κ2) is 16.6. The van der Waals surface area contributed by atoms with Crippen molar-refractivity contribution in [3.63, 3.8) is 0 Å². The molecule has 0 atom stereocenters. The Bertz CT molecular complexity index is 758. The van der Waals surface area contributed by atoms with Crippen molar-refractivity contribution in [3.8, 4) is 0 Å². The Morgan fingerprint density at radius 3 is 1.71 bits per heavy atom. The molecule has 3 aromatic rings. The van der Waals surface area contributed by atoms with Gasteiger partial charge in [-0.15, -0.1) is 40.3 Å². The maximum Gasteiger partial charge on any atom is 4.00 e. The Balaban J connectivity index is 0. The summed E-state index contributed by atoms with van der Waals surface area (Å²) in [7, 11) is 0.0856. The van der Waals surface area contributed by atoms with Gasteiger partial charge in [-0.25, -0.2) is 0 Å². The number of hydrogen-bond donors (Lipinski definition) is 0. The first-order valence-electron chi connectivity index (χ1n) is 11.0. The van der Waals surface area contributed by atoms with Crippen LogP contribution in [0.1, 0.15) is 67.3 Å². The van der Waals surface area contributed by atoms with Crippen LogP contribution in [0.3, 0.4) is 0 Å². The van der Waals surface area contributed by atoms with Gasteiger partial charge in [-0.1, -0.05) is 75.3 Å². The molecule has 0 aliphatic carbocycles. The summed E-state index contributed by atoms with van der Waals surface area (Å²) in [6.07, 6.45) is 8.26. The largest absolute Gasteiger partial charge is 4.00 e. The predicted octanol–water partition coefficient (Wildman–Crippen LogP) is 2.22. The average molecular weight is 557 g/mol. The molecule has 0 nitrogen and oxygen atoms in total. The van der Waals surface area contributed by atoms with Crippen LogP contribution in [0.5, 0.6) is 0 Å². The zero-order valence-electron chi connectivity index (χ0n) is 20.4. The molecular weight excluding hydrogens is 517 g/mol. The van der Waals surface area contributed by atoms with Crippen molar-refractivity contribution in [3.05, 3.63) is 64.2 Å². The molecule has 0 N–H and O–H groups in total. The molecule has 4 heteroatoms. The molecule has 0 spiro atoms. The van der Waals surface area contributed by atoms with Gasteiger partial charge in [0.2, 0.25) is 0 Å². The van der Waals surface area contributed by atoms with Crippen LogP contribution >= 0.6 is 7.92 Å². The normalized spacial score (nSPS) is 10.1. The Morgan fingerprint density at radius 2 is 1.32 bits per heavy atom. The van der Waals surface area contributed by atoms with Crippen LogP contribution in [-0.4, -0.2) is 12.3 Å². The van der Waals surface area contributed by atoms with Crippen molar-refractivity contribution in [2.45, 2.75) is 74.1 Å². The number of fused-ring (bicyclic) bond motifs is 1. The fourth-order valence-electron chi connectivity index (χ4n) is 3.79.